The van der Waals surface area contributed by atoms with E-state index in [2.05, 4.69) is 259 Å². The van der Waals surface area contributed by atoms with Crippen LogP contribution in [0.1, 0.15) is 5.56 Å². The summed E-state index contributed by atoms with van der Waals surface area (Å²) < 4.78 is 2.41. The van der Waals surface area contributed by atoms with E-state index in [1.165, 1.54) is 58.2 Å². The van der Waals surface area contributed by atoms with Crippen molar-refractivity contribution in [1.82, 2.24) is 4.57 Å². The van der Waals surface area contributed by atoms with Gasteiger partial charge in [0.1, 0.15) is 0 Å². The van der Waals surface area contributed by atoms with E-state index in [1.807, 2.05) is 6.07 Å². The maximum Gasteiger partial charge on any atom is 0.179 e. The molecule has 0 aliphatic carbocycles. The van der Waals surface area contributed by atoms with Gasteiger partial charge in [0.05, 0.1) is 22.7 Å². The quantitative estimate of drug-likeness (QED) is 0.147. The molecule has 4 heteroatoms. The Balaban J connectivity index is 1.16. The molecule has 1 aromatic heterocycles. The molecule has 0 atom stereocenters. The summed E-state index contributed by atoms with van der Waals surface area (Å²) in [5, 5.41) is 23.5. The summed E-state index contributed by atoms with van der Waals surface area (Å²) in [6, 6.07) is 97.3. The zero-order valence-corrected chi connectivity index (χ0v) is 37.6. The molecule has 0 saturated carbocycles. The molecule has 0 unspecified atom stereocenters. The maximum absolute atomic E-state index is 10.1. The van der Waals surface area contributed by atoms with Gasteiger partial charge in [-0.3, -0.25) is 0 Å². The Morgan fingerprint density at radius 3 is 1.23 bits per heavy atom. The van der Waals surface area contributed by atoms with Gasteiger partial charge in [0.15, 0.2) is 16.1 Å². The van der Waals surface area contributed by atoms with Crippen molar-refractivity contribution in [1.29, 1.82) is 5.26 Å². The fourth-order valence-corrected chi connectivity index (χ4v) is 23.3. The van der Waals surface area contributed by atoms with E-state index >= 15 is 0 Å². The summed E-state index contributed by atoms with van der Waals surface area (Å²) in [6.07, 6.45) is 0. The fourth-order valence-electron chi connectivity index (χ4n) is 11.1. The summed E-state index contributed by atoms with van der Waals surface area (Å²) in [5.74, 6) is 0. The van der Waals surface area contributed by atoms with Gasteiger partial charge in [-0.15, -0.1) is 0 Å². The minimum absolute atomic E-state index is 0.654. The Labute approximate surface area is 381 Å². The molecule has 2 heterocycles. The third-order valence-corrected chi connectivity index (χ3v) is 24.1. The molecule has 0 N–H and O–H groups in total. The lowest BCUT2D eigenvalue weighted by atomic mass is 10.0. The lowest BCUT2D eigenvalue weighted by Gasteiger charge is -2.48. The fraction of sp³-hybridized carbons (Fsp3) is 0. The highest BCUT2D eigenvalue weighted by Gasteiger charge is 2.56. The largest absolute Gasteiger partial charge is 0.309 e. The summed E-state index contributed by atoms with van der Waals surface area (Å²) in [6.45, 7) is 0. The van der Waals surface area contributed by atoms with Crippen molar-refractivity contribution < 1.29 is 0 Å². The van der Waals surface area contributed by atoms with E-state index in [0.717, 1.165) is 33.1 Å². The van der Waals surface area contributed by atoms with Gasteiger partial charge in [0.25, 0.3) is 0 Å². The summed E-state index contributed by atoms with van der Waals surface area (Å²) in [5.41, 5.74) is 8.72. The Kier molecular flexibility index (Phi) is 9.27. The van der Waals surface area contributed by atoms with Gasteiger partial charge >= 0.3 is 0 Å². The lowest BCUT2D eigenvalue weighted by Crippen LogP contribution is -2.93. The van der Waals surface area contributed by atoms with Crippen LogP contribution < -0.4 is 41.5 Å². The minimum Gasteiger partial charge on any atom is -0.309 e. The SMILES string of the molecule is N#Cc1ccc2c(c1)c1cc(-c3ccccc3)ccc1n2-c1cccc([Si]2(c3ccccc3)c3ccccc3[Si](c3ccccc3)(c3cccc(-c4ccccc4)c3)c3ccccc32)c1. The van der Waals surface area contributed by atoms with Crippen molar-refractivity contribution in [3.05, 3.63) is 260 Å². The van der Waals surface area contributed by atoms with Gasteiger partial charge in [-0.1, -0.05) is 212 Å². The average molecular weight is 859 g/mol. The predicted molar refractivity (Wildman–Crippen MR) is 277 cm³/mol. The molecule has 65 heavy (non-hydrogen) atoms. The third-order valence-electron chi connectivity index (χ3n) is 13.8. The monoisotopic (exact) mass is 858 g/mol. The van der Waals surface area contributed by atoms with E-state index in [0.29, 0.717) is 5.56 Å². The Bertz CT molecular complexity index is 3560. The smallest absolute Gasteiger partial charge is 0.179 e. The number of nitrogens with zero attached hydrogens (tertiary/aromatic N) is 2. The van der Waals surface area contributed by atoms with Crippen LogP contribution in [0.15, 0.2) is 255 Å². The van der Waals surface area contributed by atoms with E-state index in [-0.39, 0.29) is 0 Å². The van der Waals surface area contributed by atoms with E-state index in [4.69, 9.17) is 0 Å². The van der Waals surface area contributed by atoms with Crippen LogP contribution in [0.2, 0.25) is 0 Å². The molecule has 12 rings (SSSR count). The van der Waals surface area contributed by atoms with Crippen molar-refractivity contribution in [2.45, 2.75) is 0 Å². The first-order valence-electron chi connectivity index (χ1n) is 22.3. The van der Waals surface area contributed by atoms with Crippen LogP contribution in [0.25, 0.3) is 49.7 Å². The molecule has 0 spiro atoms. The second kappa shape index (κ2) is 15.6. The Hall–Kier alpha value is -8.08. The zero-order chi connectivity index (χ0) is 43.4. The van der Waals surface area contributed by atoms with Crippen molar-refractivity contribution >= 4 is 79.4 Å². The van der Waals surface area contributed by atoms with Crippen LogP contribution in [0.3, 0.4) is 0 Å². The second-order valence-electron chi connectivity index (χ2n) is 17.1. The first-order chi connectivity index (χ1) is 32.2. The van der Waals surface area contributed by atoms with Crippen molar-refractivity contribution in [3.8, 4) is 34.0 Å². The molecule has 2 nitrogen and oxygen atoms in total. The highest BCUT2D eigenvalue weighted by Crippen LogP contribution is 2.36. The number of hydrogen-bond acceptors (Lipinski definition) is 1. The molecular weight excluding hydrogens is 817 g/mol. The first-order valence-corrected chi connectivity index (χ1v) is 26.3. The summed E-state index contributed by atoms with van der Waals surface area (Å²) >= 11 is 0. The molecule has 0 bridgehead atoms. The number of rotatable bonds is 7. The van der Waals surface area contributed by atoms with Crippen molar-refractivity contribution in [2.75, 3.05) is 0 Å². The van der Waals surface area contributed by atoms with Crippen LogP contribution in [0, 0.1) is 11.3 Å². The molecule has 0 saturated heterocycles. The number of hydrogen-bond donors (Lipinski definition) is 0. The predicted octanol–water partition coefficient (Wildman–Crippen LogP) is 9.06. The first kappa shape index (κ1) is 38.6. The average Bonchev–Trinajstić information content (AvgIpc) is 3.72. The van der Waals surface area contributed by atoms with Gasteiger partial charge in [-0.25, -0.2) is 0 Å². The molecule has 1 aliphatic heterocycles. The number of benzene rings is 10. The van der Waals surface area contributed by atoms with Crippen molar-refractivity contribution in [3.63, 3.8) is 0 Å². The van der Waals surface area contributed by atoms with Crippen molar-refractivity contribution in [2.24, 2.45) is 0 Å². The standard InChI is InChI=1S/C61H42N2Si2/c62-43-44-35-37-56-54(39-44)55-41-48(46-21-7-2-8-22-46)36-38-57(55)63(56)49-24-18-30-53(42-49)65(51-27-11-4-12-28-51)60-33-15-13-31-58(60)64(50-25-9-3-10-26-50,59-32-14-16-34-61(59)65)52-29-17-23-47(40-52)45-19-5-1-6-20-45/h1-42H. The Morgan fingerprint density at radius 2 is 0.708 bits per heavy atom. The molecule has 0 radical (unpaired) electrons. The van der Waals surface area contributed by atoms with Crippen LogP contribution >= 0.6 is 0 Å². The molecule has 10 aromatic carbocycles. The van der Waals surface area contributed by atoms with Crippen LogP contribution in [0.5, 0.6) is 0 Å². The topological polar surface area (TPSA) is 28.7 Å². The molecule has 1 aliphatic rings. The van der Waals surface area contributed by atoms with Gasteiger partial charge in [-0.2, -0.15) is 5.26 Å². The van der Waals surface area contributed by atoms with Gasteiger partial charge in [0, 0.05) is 16.5 Å². The number of aromatic nitrogens is 1. The van der Waals surface area contributed by atoms with E-state index < -0.39 is 16.1 Å². The highest BCUT2D eigenvalue weighted by atomic mass is 28.3. The van der Waals surface area contributed by atoms with Crippen LogP contribution in [-0.2, 0) is 0 Å². The summed E-state index contributed by atoms with van der Waals surface area (Å²) in [7, 11) is -6.05. The van der Waals surface area contributed by atoms with E-state index in [9.17, 15) is 5.26 Å². The second-order valence-corrected chi connectivity index (χ2v) is 24.6. The minimum atomic E-state index is -3.08. The molecule has 0 amide bonds. The molecule has 0 fully saturated rings. The Morgan fingerprint density at radius 1 is 0.308 bits per heavy atom. The van der Waals surface area contributed by atoms with E-state index in [1.54, 1.807) is 0 Å². The zero-order valence-electron chi connectivity index (χ0n) is 35.6. The van der Waals surface area contributed by atoms with Gasteiger partial charge in [0.2, 0.25) is 0 Å². The molecule has 304 valence electrons. The number of fused-ring (bicyclic) bond motifs is 5. The van der Waals surface area contributed by atoms with Crippen LogP contribution in [0.4, 0.5) is 0 Å². The lowest BCUT2D eigenvalue weighted by molar-refractivity contribution is 1.18. The maximum atomic E-state index is 10.1. The summed E-state index contributed by atoms with van der Waals surface area (Å²) in [4.78, 5) is 0. The van der Waals surface area contributed by atoms with Gasteiger partial charge < -0.3 is 4.57 Å². The number of nitriles is 1. The molecular formula is C61H42N2Si2. The third kappa shape index (κ3) is 5.91. The van der Waals surface area contributed by atoms with Gasteiger partial charge in [-0.05, 0) is 106 Å². The normalized spacial score (nSPS) is 16.4. The molecule has 11 aromatic rings. The van der Waals surface area contributed by atoms with Crippen LogP contribution in [-0.4, -0.2) is 20.7 Å². The highest BCUT2D eigenvalue weighted by molar-refractivity contribution is 7.32.